The maximum atomic E-state index is 5.86. The second-order valence-corrected chi connectivity index (χ2v) is 7.93. The first kappa shape index (κ1) is 18.9. The summed E-state index contributed by atoms with van der Waals surface area (Å²) in [6.07, 6.45) is 9.50. The molecule has 0 aromatic carbocycles. The fourth-order valence-electron chi connectivity index (χ4n) is 3.48. The van der Waals surface area contributed by atoms with Crippen LogP contribution in [0.3, 0.4) is 0 Å². The number of hydrogen-bond donors (Lipinski definition) is 0. The number of nitrogens with zero attached hydrogens (tertiary/aromatic N) is 4. The predicted molar refractivity (Wildman–Crippen MR) is 103 cm³/mol. The molecule has 3 rings (SSSR count). The molecule has 0 unspecified atom stereocenters. The molecular formula is C18H29BrN4O2. The zero-order chi connectivity index (χ0) is 17.6. The van der Waals surface area contributed by atoms with Crippen LogP contribution in [0.2, 0.25) is 0 Å². The van der Waals surface area contributed by atoms with Gasteiger partial charge in [0.25, 0.3) is 0 Å². The van der Waals surface area contributed by atoms with Crippen molar-refractivity contribution < 1.29 is 9.47 Å². The molecule has 1 aromatic rings. The molecule has 0 N–H and O–H groups in total. The average molecular weight is 413 g/mol. The van der Waals surface area contributed by atoms with Crippen LogP contribution in [0.1, 0.15) is 38.5 Å². The van der Waals surface area contributed by atoms with Crippen molar-refractivity contribution in [2.75, 3.05) is 50.2 Å². The molecule has 2 fully saturated rings. The largest absolute Gasteiger partial charge is 0.376 e. The van der Waals surface area contributed by atoms with E-state index in [1.54, 1.807) is 0 Å². The second-order valence-electron chi connectivity index (χ2n) is 7.08. The zero-order valence-corrected chi connectivity index (χ0v) is 16.9. The van der Waals surface area contributed by atoms with Gasteiger partial charge in [-0.2, -0.15) is 4.98 Å². The molecule has 0 aliphatic carbocycles. The molecule has 0 bridgehead atoms. The Bertz CT molecular complexity index is 548. The number of rotatable bonds is 6. The van der Waals surface area contributed by atoms with Crippen LogP contribution in [0.25, 0.3) is 0 Å². The van der Waals surface area contributed by atoms with Crippen molar-refractivity contribution in [3.8, 4) is 0 Å². The van der Waals surface area contributed by atoms with E-state index < -0.39 is 0 Å². The van der Waals surface area contributed by atoms with Crippen LogP contribution >= 0.6 is 15.9 Å². The number of likely N-dealkylation sites (N-methyl/N-ethyl adjacent to an activating group) is 2. The van der Waals surface area contributed by atoms with E-state index >= 15 is 0 Å². The van der Waals surface area contributed by atoms with Gasteiger partial charge in [0.05, 0.1) is 16.7 Å². The Labute approximate surface area is 159 Å². The summed E-state index contributed by atoms with van der Waals surface area (Å²) in [5, 5.41) is 0. The minimum Gasteiger partial charge on any atom is -0.376 e. The third-order valence-corrected chi connectivity index (χ3v) is 5.48. The lowest BCUT2D eigenvalue weighted by atomic mass is 10.1. The van der Waals surface area contributed by atoms with Gasteiger partial charge in [0.15, 0.2) is 0 Å². The molecule has 2 aliphatic rings. The number of halogens is 1. The van der Waals surface area contributed by atoms with Crippen LogP contribution in [-0.2, 0) is 9.47 Å². The molecule has 3 heterocycles. The lowest BCUT2D eigenvalue weighted by Crippen LogP contribution is -2.36. The average Bonchev–Trinajstić information content (AvgIpc) is 2.63. The summed E-state index contributed by atoms with van der Waals surface area (Å²) in [6, 6.07) is 0. The van der Waals surface area contributed by atoms with Gasteiger partial charge in [0.1, 0.15) is 5.82 Å². The Hall–Kier alpha value is -0.920. The highest BCUT2D eigenvalue weighted by molar-refractivity contribution is 9.10. The summed E-state index contributed by atoms with van der Waals surface area (Å²) < 4.78 is 12.6. The molecule has 25 heavy (non-hydrogen) atoms. The van der Waals surface area contributed by atoms with Crippen LogP contribution in [0.5, 0.6) is 0 Å². The van der Waals surface area contributed by atoms with Gasteiger partial charge >= 0.3 is 0 Å². The topological polar surface area (TPSA) is 50.7 Å². The standard InChI is InChI=1S/C18H29BrN4O2/c1-22(12-14-7-3-5-9-24-14)17-16(19)11-20-18(21-17)23(2)13-15-8-4-6-10-25-15/h11,14-15H,3-10,12-13H2,1-2H3/t14-,15-/m0/s1. The molecule has 7 heteroatoms. The van der Waals surface area contributed by atoms with Crippen molar-refractivity contribution in [1.29, 1.82) is 0 Å². The first-order chi connectivity index (χ1) is 12.1. The van der Waals surface area contributed by atoms with E-state index in [1.807, 2.05) is 13.2 Å². The Morgan fingerprint density at radius 1 is 1.00 bits per heavy atom. The number of hydrogen-bond acceptors (Lipinski definition) is 6. The molecule has 0 amide bonds. The van der Waals surface area contributed by atoms with Gasteiger partial charge in [-0.25, -0.2) is 4.98 Å². The summed E-state index contributed by atoms with van der Waals surface area (Å²) >= 11 is 3.59. The zero-order valence-electron chi connectivity index (χ0n) is 15.3. The van der Waals surface area contributed by atoms with Crippen molar-refractivity contribution in [3.63, 3.8) is 0 Å². The molecule has 140 valence electrons. The van der Waals surface area contributed by atoms with Gasteiger partial charge in [0.2, 0.25) is 5.95 Å². The molecular weight excluding hydrogens is 384 g/mol. The first-order valence-electron chi connectivity index (χ1n) is 9.31. The van der Waals surface area contributed by atoms with Crippen molar-refractivity contribution in [2.24, 2.45) is 0 Å². The molecule has 0 saturated carbocycles. The predicted octanol–water partition coefficient (Wildman–Crippen LogP) is 3.25. The highest BCUT2D eigenvalue weighted by Gasteiger charge is 2.21. The number of anilines is 2. The van der Waals surface area contributed by atoms with Gasteiger partial charge in [0, 0.05) is 46.6 Å². The molecule has 0 radical (unpaired) electrons. The van der Waals surface area contributed by atoms with Gasteiger partial charge in [-0.3, -0.25) is 0 Å². The van der Waals surface area contributed by atoms with Gasteiger partial charge in [-0.15, -0.1) is 0 Å². The van der Waals surface area contributed by atoms with E-state index in [2.05, 4.69) is 37.8 Å². The van der Waals surface area contributed by atoms with E-state index in [9.17, 15) is 0 Å². The summed E-state index contributed by atoms with van der Waals surface area (Å²) in [4.78, 5) is 13.5. The van der Waals surface area contributed by atoms with Crippen molar-refractivity contribution in [2.45, 2.75) is 50.7 Å². The first-order valence-corrected chi connectivity index (χ1v) is 10.1. The van der Waals surface area contributed by atoms with E-state index in [0.717, 1.165) is 55.4 Å². The summed E-state index contributed by atoms with van der Waals surface area (Å²) in [5.41, 5.74) is 0. The minimum absolute atomic E-state index is 0.280. The lowest BCUT2D eigenvalue weighted by molar-refractivity contribution is 0.0214. The molecule has 1 aromatic heterocycles. The van der Waals surface area contributed by atoms with Gasteiger partial charge < -0.3 is 19.3 Å². The molecule has 2 aliphatic heterocycles. The molecule has 2 saturated heterocycles. The van der Waals surface area contributed by atoms with Crippen molar-refractivity contribution in [1.82, 2.24) is 9.97 Å². The summed E-state index contributed by atoms with van der Waals surface area (Å²) in [5.74, 6) is 1.65. The third-order valence-electron chi connectivity index (χ3n) is 4.92. The van der Waals surface area contributed by atoms with E-state index in [1.165, 1.54) is 25.7 Å². The molecule has 0 spiro atoms. The fraction of sp³-hybridized carbons (Fsp3) is 0.778. The summed E-state index contributed by atoms with van der Waals surface area (Å²) in [6.45, 7) is 3.43. The highest BCUT2D eigenvalue weighted by Crippen LogP contribution is 2.26. The highest BCUT2D eigenvalue weighted by atomic mass is 79.9. The quantitative estimate of drug-likeness (QED) is 0.714. The van der Waals surface area contributed by atoms with Gasteiger partial charge in [-0.1, -0.05) is 0 Å². The Morgan fingerprint density at radius 2 is 1.60 bits per heavy atom. The van der Waals surface area contributed by atoms with Crippen molar-refractivity contribution >= 4 is 27.7 Å². The van der Waals surface area contributed by atoms with E-state index in [-0.39, 0.29) is 12.2 Å². The monoisotopic (exact) mass is 412 g/mol. The lowest BCUT2D eigenvalue weighted by Gasteiger charge is -2.30. The summed E-state index contributed by atoms with van der Waals surface area (Å²) in [7, 11) is 4.11. The van der Waals surface area contributed by atoms with E-state index in [0.29, 0.717) is 0 Å². The molecule has 2 atom stereocenters. The fourth-order valence-corrected chi connectivity index (χ4v) is 3.98. The third kappa shape index (κ3) is 5.28. The van der Waals surface area contributed by atoms with Crippen LogP contribution in [0, 0.1) is 0 Å². The minimum atomic E-state index is 0.280. The maximum Gasteiger partial charge on any atom is 0.227 e. The smallest absolute Gasteiger partial charge is 0.227 e. The van der Waals surface area contributed by atoms with Gasteiger partial charge in [-0.05, 0) is 54.5 Å². The van der Waals surface area contributed by atoms with E-state index in [4.69, 9.17) is 14.5 Å². The number of ether oxygens (including phenoxy) is 2. The van der Waals surface area contributed by atoms with Crippen LogP contribution < -0.4 is 9.80 Å². The number of aromatic nitrogens is 2. The second kappa shape index (κ2) is 9.14. The maximum absolute atomic E-state index is 5.86. The molecule has 6 nitrogen and oxygen atoms in total. The Kier molecular flexibility index (Phi) is 6.90. The Morgan fingerprint density at radius 3 is 2.16 bits per heavy atom. The van der Waals surface area contributed by atoms with Crippen LogP contribution in [0.4, 0.5) is 11.8 Å². The normalized spacial score (nSPS) is 24.1. The SMILES string of the molecule is CN(C[C@@H]1CCCCO1)c1ncc(Br)c(N(C)C[C@@H]2CCCCO2)n1. The van der Waals surface area contributed by atoms with Crippen molar-refractivity contribution in [3.05, 3.63) is 10.7 Å². The van der Waals surface area contributed by atoms with Crippen LogP contribution in [0.15, 0.2) is 10.7 Å². The van der Waals surface area contributed by atoms with Crippen LogP contribution in [-0.4, -0.2) is 62.6 Å². The Balaban J connectivity index is 1.64.